The Bertz CT molecular complexity index is 1470. The average Bonchev–Trinajstić information content (AvgIpc) is 3.77. The molecule has 3 saturated heterocycles. The SMILES string of the molecule is CC(=O)OC1C(OC2C3C=COC(OC4OC(CO)C(O)C(O)C4O)C3C3(COC(=O)C=Cc4ccccc4)OC23)OC(C)C(O)C1OC(C)=O. The molecular weight excluding hydrogens is 680 g/mol. The molecule has 4 aliphatic heterocycles. The van der Waals surface area contributed by atoms with E-state index < -0.39 is 122 Å². The lowest BCUT2D eigenvalue weighted by molar-refractivity contribution is -0.347. The molecule has 0 spiro atoms. The molecule has 1 aromatic rings. The lowest BCUT2D eigenvalue weighted by Crippen LogP contribution is -2.61. The first-order valence-electron chi connectivity index (χ1n) is 16.5. The summed E-state index contributed by atoms with van der Waals surface area (Å²) in [6.07, 6.45) is -11.6. The van der Waals surface area contributed by atoms with E-state index in [4.69, 9.17) is 42.6 Å². The molecule has 1 aliphatic carbocycles. The van der Waals surface area contributed by atoms with Crippen LogP contribution in [0.3, 0.4) is 0 Å². The van der Waals surface area contributed by atoms with E-state index in [1.54, 1.807) is 24.3 Å². The molecule has 6 rings (SSSR count). The number of carbonyl (C=O) groups excluding carboxylic acids is 3. The Labute approximate surface area is 292 Å². The molecule has 1 saturated carbocycles. The quantitative estimate of drug-likeness (QED) is 0.0769. The number of aliphatic hydroxyl groups is 5. The van der Waals surface area contributed by atoms with Crippen LogP contribution in [0.2, 0.25) is 0 Å². The second-order valence-corrected chi connectivity index (χ2v) is 13.1. The normalized spacial score (nSPS) is 42.7. The third-order valence-electron chi connectivity index (χ3n) is 9.66. The standard InChI is InChI=1S/C34H42O17/c1-15-23(39)28(46-16(2)36)29(47-17(3)37)33(45-15)49-27-19-11-12-43-31(50-32-26(42)25(41)24(40)20(13-35)48-32)22(19)34(30(27)51-34)14-44-21(38)10-9-18-7-5-4-6-8-18/h4-12,15,19-20,22-33,35,39-42H,13-14H2,1-3H3. The number of hydrogen-bond donors (Lipinski definition) is 5. The molecule has 0 radical (unpaired) electrons. The van der Waals surface area contributed by atoms with E-state index in [1.807, 2.05) is 18.2 Å². The molecule has 16 atom stereocenters. The molecule has 0 aromatic heterocycles. The summed E-state index contributed by atoms with van der Waals surface area (Å²) < 4.78 is 52.5. The molecule has 17 heteroatoms. The van der Waals surface area contributed by atoms with Crippen LogP contribution in [0.4, 0.5) is 0 Å². The fourth-order valence-corrected chi connectivity index (χ4v) is 7.14. The predicted octanol–water partition coefficient (Wildman–Crippen LogP) is -1.33. The van der Waals surface area contributed by atoms with Gasteiger partial charge in [-0.3, -0.25) is 9.59 Å². The molecule has 0 amide bonds. The number of carbonyl (C=O) groups is 3. The van der Waals surface area contributed by atoms with Gasteiger partial charge in [-0.25, -0.2) is 4.79 Å². The van der Waals surface area contributed by atoms with Gasteiger partial charge in [-0.15, -0.1) is 0 Å². The minimum Gasteiger partial charge on any atom is -0.472 e. The van der Waals surface area contributed by atoms with Crippen molar-refractivity contribution in [1.29, 1.82) is 0 Å². The third-order valence-corrected chi connectivity index (χ3v) is 9.66. The van der Waals surface area contributed by atoms with Crippen molar-refractivity contribution in [3.63, 3.8) is 0 Å². The van der Waals surface area contributed by atoms with Crippen molar-refractivity contribution < 1.29 is 82.5 Å². The van der Waals surface area contributed by atoms with Crippen molar-refractivity contribution in [2.45, 2.75) is 106 Å². The maximum absolute atomic E-state index is 12.9. The van der Waals surface area contributed by atoms with E-state index in [9.17, 15) is 39.9 Å². The summed E-state index contributed by atoms with van der Waals surface area (Å²) in [6, 6.07) is 9.08. The highest BCUT2D eigenvalue weighted by atomic mass is 16.8. The van der Waals surface area contributed by atoms with Crippen molar-refractivity contribution in [2.24, 2.45) is 11.8 Å². The monoisotopic (exact) mass is 722 g/mol. The first-order chi connectivity index (χ1) is 24.3. The molecular formula is C34H42O17. The highest BCUT2D eigenvalue weighted by Gasteiger charge is 2.78. The summed E-state index contributed by atoms with van der Waals surface area (Å²) in [6.45, 7) is 2.80. The lowest BCUT2D eigenvalue weighted by atomic mass is 9.85. The molecule has 5 aliphatic rings. The second kappa shape index (κ2) is 15.2. The van der Waals surface area contributed by atoms with Crippen LogP contribution in [0, 0.1) is 11.8 Å². The molecule has 51 heavy (non-hydrogen) atoms. The van der Waals surface area contributed by atoms with Crippen LogP contribution < -0.4 is 0 Å². The van der Waals surface area contributed by atoms with E-state index in [0.29, 0.717) is 0 Å². The summed E-state index contributed by atoms with van der Waals surface area (Å²) in [5.74, 6) is -3.65. The first kappa shape index (κ1) is 37.3. The van der Waals surface area contributed by atoms with Gasteiger partial charge in [0.05, 0.1) is 31.0 Å². The van der Waals surface area contributed by atoms with E-state index in [0.717, 1.165) is 19.4 Å². The van der Waals surface area contributed by atoms with Crippen molar-refractivity contribution >= 4 is 24.0 Å². The molecule has 17 nitrogen and oxygen atoms in total. The second-order valence-electron chi connectivity index (χ2n) is 13.1. The van der Waals surface area contributed by atoms with Gasteiger partial charge >= 0.3 is 17.9 Å². The Hall–Kier alpha value is -3.49. The summed E-state index contributed by atoms with van der Waals surface area (Å²) in [5, 5.41) is 51.8. The smallest absolute Gasteiger partial charge is 0.330 e. The van der Waals surface area contributed by atoms with Gasteiger partial charge in [0.2, 0.25) is 6.29 Å². The number of ether oxygens (including phenoxy) is 9. The number of fused-ring (bicyclic) bond motifs is 3. The van der Waals surface area contributed by atoms with Crippen LogP contribution in [0.25, 0.3) is 6.08 Å². The Morgan fingerprint density at radius 2 is 1.55 bits per heavy atom. The van der Waals surface area contributed by atoms with E-state index in [1.165, 1.54) is 19.3 Å². The maximum atomic E-state index is 12.9. The van der Waals surface area contributed by atoms with Crippen molar-refractivity contribution in [1.82, 2.24) is 0 Å². The molecule has 1 aromatic carbocycles. The predicted molar refractivity (Wildman–Crippen MR) is 166 cm³/mol. The van der Waals surface area contributed by atoms with Gasteiger partial charge in [0.15, 0.2) is 24.8 Å². The van der Waals surface area contributed by atoms with Crippen molar-refractivity contribution in [2.75, 3.05) is 13.2 Å². The largest absolute Gasteiger partial charge is 0.472 e. The van der Waals surface area contributed by atoms with E-state index in [-0.39, 0.29) is 6.61 Å². The highest BCUT2D eigenvalue weighted by molar-refractivity contribution is 5.87. The first-order valence-corrected chi connectivity index (χ1v) is 16.5. The Morgan fingerprint density at radius 1 is 0.843 bits per heavy atom. The topological polar surface area (TPSA) is 239 Å². The van der Waals surface area contributed by atoms with Gasteiger partial charge in [0.1, 0.15) is 48.8 Å². The Kier molecular flexibility index (Phi) is 11.1. The van der Waals surface area contributed by atoms with E-state index in [2.05, 4.69) is 0 Å². The highest BCUT2D eigenvalue weighted by Crippen LogP contribution is 2.61. The molecule has 280 valence electrons. The summed E-state index contributed by atoms with van der Waals surface area (Å²) in [5.41, 5.74) is -0.538. The fourth-order valence-electron chi connectivity index (χ4n) is 7.14. The zero-order valence-electron chi connectivity index (χ0n) is 27.9. The van der Waals surface area contributed by atoms with Crippen molar-refractivity contribution in [3.8, 4) is 0 Å². The number of benzene rings is 1. The molecule has 16 unspecified atom stereocenters. The van der Waals surface area contributed by atoms with Crippen LogP contribution in [-0.4, -0.2) is 142 Å². The average molecular weight is 723 g/mol. The van der Waals surface area contributed by atoms with Crippen LogP contribution in [0.1, 0.15) is 26.3 Å². The molecule has 4 heterocycles. The minimum absolute atomic E-state index is 0.313. The number of rotatable bonds is 11. The van der Waals surface area contributed by atoms with Gasteiger partial charge in [-0.2, -0.15) is 0 Å². The van der Waals surface area contributed by atoms with Gasteiger partial charge in [-0.1, -0.05) is 30.3 Å². The fraction of sp³-hybridized carbons (Fsp3) is 0.618. The van der Waals surface area contributed by atoms with Crippen LogP contribution in [0.5, 0.6) is 0 Å². The third kappa shape index (κ3) is 7.54. The van der Waals surface area contributed by atoms with Gasteiger partial charge in [0.25, 0.3) is 0 Å². The zero-order chi connectivity index (χ0) is 36.6. The lowest BCUT2D eigenvalue weighted by Gasteiger charge is -2.44. The van der Waals surface area contributed by atoms with E-state index >= 15 is 0 Å². The number of aliphatic hydroxyl groups excluding tert-OH is 5. The van der Waals surface area contributed by atoms with Crippen LogP contribution in [0.15, 0.2) is 48.7 Å². The summed E-state index contributed by atoms with van der Waals surface area (Å²) in [4.78, 5) is 37.0. The van der Waals surface area contributed by atoms with Crippen LogP contribution >= 0.6 is 0 Å². The van der Waals surface area contributed by atoms with Gasteiger partial charge in [0, 0.05) is 25.8 Å². The van der Waals surface area contributed by atoms with Gasteiger partial charge in [-0.05, 0) is 24.6 Å². The van der Waals surface area contributed by atoms with Crippen LogP contribution in [-0.2, 0) is 57.0 Å². The number of hydrogen-bond acceptors (Lipinski definition) is 17. The maximum Gasteiger partial charge on any atom is 0.330 e. The molecule has 0 bridgehead atoms. The molecule has 5 N–H and O–H groups in total. The summed E-state index contributed by atoms with van der Waals surface area (Å²) in [7, 11) is 0. The summed E-state index contributed by atoms with van der Waals surface area (Å²) >= 11 is 0. The zero-order valence-corrected chi connectivity index (χ0v) is 27.9. The number of epoxide rings is 1. The van der Waals surface area contributed by atoms with Gasteiger partial charge < -0.3 is 68.2 Å². The minimum atomic E-state index is -1.75. The Morgan fingerprint density at radius 3 is 2.24 bits per heavy atom. The number of esters is 3. The Balaban J connectivity index is 1.27. The van der Waals surface area contributed by atoms with Crippen molar-refractivity contribution in [3.05, 3.63) is 54.3 Å². The molecule has 4 fully saturated rings.